The predicted molar refractivity (Wildman–Crippen MR) is 99.6 cm³/mol. The van der Waals surface area contributed by atoms with Crippen molar-refractivity contribution in [1.82, 2.24) is 9.97 Å². The van der Waals surface area contributed by atoms with Crippen LogP contribution < -0.4 is 21.8 Å². The number of aromatic amines is 1. The number of hydrogen-bond acceptors (Lipinski definition) is 6. The minimum atomic E-state index is -0.413. The van der Waals surface area contributed by atoms with E-state index in [0.29, 0.717) is 44.9 Å². The van der Waals surface area contributed by atoms with Crippen molar-refractivity contribution in [1.29, 1.82) is 5.41 Å². The summed E-state index contributed by atoms with van der Waals surface area (Å²) >= 11 is 0. The number of nitrogens with two attached hydrogens (primary N) is 2. The lowest BCUT2D eigenvalue weighted by atomic mass is 10.1. The largest absolute Gasteiger partial charge is 0.496 e. The number of rotatable bonds is 3. The van der Waals surface area contributed by atoms with Crippen LogP contribution in [0.3, 0.4) is 0 Å². The highest BCUT2D eigenvalue weighted by atomic mass is 16.5. The Bertz CT molecular complexity index is 1240. The van der Waals surface area contributed by atoms with Crippen molar-refractivity contribution in [3.8, 4) is 17.1 Å². The zero-order valence-electron chi connectivity index (χ0n) is 13.8. The third-order valence-electron chi connectivity index (χ3n) is 4.15. The summed E-state index contributed by atoms with van der Waals surface area (Å²) in [6.45, 7) is 0. The van der Waals surface area contributed by atoms with Crippen molar-refractivity contribution in [3.63, 3.8) is 0 Å². The molecule has 26 heavy (non-hydrogen) atoms. The summed E-state index contributed by atoms with van der Waals surface area (Å²) in [5, 5.41) is 8.24. The number of fused-ring (bicyclic) bond motifs is 3. The van der Waals surface area contributed by atoms with Gasteiger partial charge in [-0.3, -0.25) is 10.2 Å². The number of furan rings is 1. The second-order valence-electron chi connectivity index (χ2n) is 5.74. The Morgan fingerprint density at radius 3 is 2.85 bits per heavy atom. The number of H-pyrrole nitrogens is 1. The molecule has 0 saturated carbocycles. The number of anilines is 1. The maximum Gasteiger partial charge on any atom is 0.294 e. The third kappa shape index (κ3) is 2.27. The molecule has 130 valence electrons. The van der Waals surface area contributed by atoms with Gasteiger partial charge in [-0.25, -0.2) is 4.98 Å². The summed E-state index contributed by atoms with van der Waals surface area (Å²) in [5.74, 6) is 0.717. The summed E-state index contributed by atoms with van der Waals surface area (Å²) in [5.41, 5.74) is 13.3. The Morgan fingerprint density at radius 2 is 2.12 bits per heavy atom. The van der Waals surface area contributed by atoms with Gasteiger partial charge in [0.15, 0.2) is 0 Å². The third-order valence-corrected chi connectivity index (χ3v) is 4.15. The molecule has 2 aromatic heterocycles. The van der Waals surface area contributed by atoms with Gasteiger partial charge in [-0.15, -0.1) is 0 Å². The van der Waals surface area contributed by atoms with E-state index < -0.39 is 5.56 Å². The quantitative estimate of drug-likeness (QED) is 0.253. The number of ether oxygens (including phenoxy) is 1. The highest BCUT2D eigenvalue weighted by Gasteiger charge is 2.17. The molecule has 8 nitrogen and oxygen atoms in total. The molecule has 0 spiro atoms. The minimum absolute atomic E-state index is 0.121. The molecule has 4 rings (SSSR count). The van der Waals surface area contributed by atoms with Gasteiger partial charge in [-0.2, -0.15) is 0 Å². The van der Waals surface area contributed by atoms with E-state index in [-0.39, 0.29) is 11.4 Å². The van der Waals surface area contributed by atoms with Crippen LogP contribution in [0.5, 0.6) is 5.75 Å². The number of benzene rings is 2. The average Bonchev–Trinajstić information content (AvgIpc) is 3.01. The van der Waals surface area contributed by atoms with E-state index in [9.17, 15) is 4.79 Å². The standard InChI is InChI=1S/C18H15N5O3/c1-25-11-3-2-4-12-13(11)14-15(26-12)18(24)23-17(22-14)8-5-6-10(19)9(7-8)16(20)21/h2-7H,19H2,1H3,(H3,20,21)(H,22,23,24). The molecule has 4 aromatic rings. The van der Waals surface area contributed by atoms with E-state index in [1.807, 2.05) is 0 Å². The number of methoxy groups -OCH3 is 1. The van der Waals surface area contributed by atoms with Gasteiger partial charge in [0.2, 0.25) is 5.58 Å². The fraction of sp³-hybridized carbons (Fsp3) is 0.0556. The molecule has 2 aromatic carbocycles. The molecule has 0 radical (unpaired) electrons. The first kappa shape index (κ1) is 15.7. The first-order chi connectivity index (χ1) is 12.5. The maximum atomic E-state index is 12.5. The van der Waals surface area contributed by atoms with Crippen molar-refractivity contribution in [2.75, 3.05) is 12.8 Å². The summed E-state index contributed by atoms with van der Waals surface area (Å²) in [7, 11) is 1.54. The fourth-order valence-corrected chi connectivity index (χ4v) is 2.91. The van der Waals surface area contributed by atoms with Gasteiger partial charge in [0.1, 0.15) is 28.5 Å². The summed E-state index contributed by atoms with van der Waals surface area (Å²) < 4.78 is 11.0. The van der Waals surface area contributed by atoms with Crippen molar-refractivity contribution in [3.05, 3.63) is 52.3 Å². The number of nitrogens with one attached hydrogen (secondary N) is 2. The van der Waals surface area contributed by atoms with Crippen LogP contribution in [0, 0.1) is 5.41 Å². The van der Waals surface area contributed by atoms with Gasteiger partial charge in [-0.05, 0) is 30.3 Å². The van der Waals surface area contributed by atoms with Gasteiger partial charge in [0, 0.05) is 16.8 Å². The van der Waals surface area contributed by atoms with Crippen molar-refractivity contribution in [2.45, 2.75) is 0 Å². The molecule has 0 unspecified atom stereocenters. The Labute approximate surface area is 146 Å². The van der Waals surface area contributed by atoms with Gasteiger partial charge < -0.3 is 25.6 Å². The molecule has 0 fully saturated rings. The molecule has 0 aliphatic rings. The van der Waals surface area contributed by atoms with Crippen molar-refractivity contribution >= 4 is 33.6 Å². The van der Waals surface area contributed by atoms with Crippen molar-refractivity contribution in [2.24, 2.45) is 5.73 Å². The molecule has 0 aliphatic carbocycles. The zero-order chi connectivity index (χ0) is 18.4. The summed E-state index contributed by atoms with van der Waals surface area (Å²) in [6.07, 6.45) is 0. The normalized spacial score (nSPS) is 11.1. The van der Waals surface area contributed by atoms with Crippen LogP contribution in [0.1, 0.15) is 5.56 Å². The lowest BCUT2D eigenvalue weighted by Crippen LogP contribution is -2.14. The molecule has 0 saturated heterocycles. The smallest absolute Gasteiger partial charge is 0.294 e. The molecule has 0 atom stereocenters. The number of amidine groups is 1. The monoisotopic (exact) mass is 349 g/mol. The lowest BCUT2D eigenvalue weighted by Gasteiger charge is -2.07. The first-order valence-corrected chi connectivity index (χ1v) is 7.73. The Balaban J connectivity index is 2.04. The Morgan fingerprint density at radius 1 is 1.31 bits per heavy atom. The van der Waals surface area contributed by atoms with Gasteiger partial charge >= 0.3 is 0 Å². The number of hydrogen-bond donors (Lipinski definition) is 4. The van der Waals surface area contributed by atoms with E-state index in [2.05, 4.69) is 9.97 Å². The second kappa shape index (κ2) is 5.62. The molecular weight excluding hydrogens is 334 g/mol. The molecular formula is C18H15N5O3. The van der Waals surface area contributed by atoms with Gasteiger partial charge in [-0.1, -0.05) is 6.07 Å². The summed E-state index contributed by atoms with van der Waals surface area (Å²) in [6, 6.07) is 10.2. The van der Waals surface area contributed by atoms with E-state index in [1.165, 1.54) is 0 Å². The van der Waals surface area contributed by atoms with E-state index >= 15 is 0 Å². The van der Waals surface area contributed by atoms with Crippen LogP contribution in [-0.2, 0) is 0 Å². The Hall–Kier alpha value is -3.81. The van der Waals surface area contributed by atoms with Crippen LogP contribution >= 0.6 is 0 Å². The molecule has 0 aliphatic heterocycles. The maximum absolute atomic E-state index is 12.5. The fourth-order valence-electron chi connectivity index (χ4n) is 2.91. The van der Waals surface area contributed by atoms with Crippen LogP contribution in [-0.4, -0.2) is 22.9 Å². The summed E-state index contributed by atoms with van der Waals surface area (Å²) in [4.78, 5) is 19.8. The van der Waals surface area contributed by atoms with Crippen LogP contribution in [0.2, 0.25) is 0 Å². The number of nitrogens with zero attached hydrogens (tertiary/aromatic N) is 1. The molecule has 2 heterocycles. The molecule has 6 N–H and O–H groups in total. The van der Waals surface area contributed by atoms with E-state index in [1.54, 1.807) is 43.5 Å². The molecule has 0 amide bonds. The highest BCUT2D eigenvalue weighted by molar-refractivity contribution is 6.06. The topological polar surface area (TPSA) is 144 Å². The van der Waals surface area contributed by atoms with E-state index in [4.69, 9.17) is 26.0 Å². The second-order valence-corrected chi connectivity index (χ2v) is 5.74. The van der Waals surface area contributed by atoms with Crippen LogP contribution in [0.25, 0.3) is 33.5 Å². The first-order valence-electron chi connectivity index (χ1n) is 7.73. The SMILES string of the molecule is COc1cccc2oc3c(=O)[nH]c(-c4ccc(N)c(C(=N)N)c4)nc3c12. The average molecular weight is 349 g/mol. The van der Waals surface area contributed by atoms with Gasteiger partial charge in [0.25, 0.3) is 5.56 Å². The predicted octanol–water partition coefficient (Wildman–Crippen LogP) is 2.21. The van der Waals surface area contributed by atoms with Crippen molar-refractivity contribution < 1.29 is 9.15 Å². The van der Waals surface area contributed by atoms with Crippen LogP contribution in [0.4, 0.5) is 5.69 Å². The number of aromatic nitrogens is 2. The van der Waals surface area contributed by atoms with E-state index in [0.717, 1.165) is 0 Å². The van der Waals surface area contributed by atoms with Crippen LogP contribution in [0.15, 0.2) is 45.6 Å². The van der Waals surface area contributed by atoms with Gasteiger partial charge in [0.05, 0.1) is 12.5 Å². The molecule has 0 bridgehead atoms. The Kier molecular flexibility index (Phi) is 3.40. The molecule has 8 heteroatoms. The lowest BCUT2D eigenvalue weighted by molar-refractivity contribution is 0.420. The minimum Gasteiger partial charge on any atom is -0.496 e. The number of nitrogen functional groups attached to an aromatic ring is 2. The highest BCUT2D eigenvalue weighted by Crippen LogP contribution is 2.33. The zero-order valence-corrected chi connectivity index (χ0v) is 13.8.